The van der Waals surface area contributed by atoms with Gasteiger partial charge in [0.05, 0.1) is 12.8 Å². The van der Waals surface area contributed by atoms with Crippen molar-refractivity contribution in [2.45, 2.75) is 26.2 Å². The zero-order valence-corrected chi connectivity index (χ0v) is 8.69. The van der Waals surface area contributed by atoms with Crippen LogP contribution in [0.3, 0.4) is 0 Å². The van der Waals surface area contributed by atoms with E-state index in [-0.39, 0.29) is 11.6 Å². The molecular formula is C10H13F2NO. The average Bonchev–Trinajstić information content (AvgIpc) is 2.02. The largest absolute Gasteiger partial charge is 0.479 e. The normalized spacial score (nSPS) is 11.6. The second-order valence-corrected chi connectivity index (χ2v) is 4.06. The highest BCUT2D eigenvalue weighted by atomic mass is 19.1. The van der Waals surface area contributed by atoms with Gasteiger partial charge < -0.3 is 4.74 Å². The van der Waals surface area contributed by atoms with Gasteiger partial charge in [0.1, 0.15) is 5.82 Å². The van der Waals surface area contributed by atoms with Gasteiger partial charge >= 0.3 is 0 Å². The van der Waals surface area contributed by atoms with E-state index in [2.05, 4.69) is 9.72 Å². The van der Waals surface area contributed by atoms with Crippen molar-refractivity contribution in [3.63, 3.8) is 0 Å². The molecule has 0 aliphatic heterocycles. The predicted molar refractivity (Wildman–Crippen MR) is 49.4 cm³/mol. The summed E-state index contributed by atoms with van der Waals surface area (Å²) in [5, 5.41) is 0. The third kappa shape index (κ3) is 2.00. The third-order valence-corrected chi connectivity index (χ3v) is 1.80. The molecule has 0 aliphatic carbocycles. The van der Waals surface area contributed by atoms with Gasteiger partial charge in [-0.2, -0.15) is 0 Å². The number of ether oxygens (including phenoxy) is 1. The highest BCUT2D eigenvalue weighted by molar-refractivity contribution is 5.24. The van der Waals surface area contributed by atoms with E-state index < -0.39 is 17.0 Å². The smallest absolute Gasteiger partial charge is 0.250 e. The number of halogens is 2. The molecule has 0 radical (unpaired) electrons. The van der Waals surface area contributed by atoms with Crippen LogP contribution in [0.25, 0.3) is 0 Å². The lowest BCUT2D eigenvalue weighted by molar-refractivity contribution is 0.356. The van der Waals surface area contributed by atoms with Gasteiger partial charge in [0.2, 0.25) is 0 Å². The van der Waals surface area contributed by atoms with Crippen LogP contribution in [0.2, 0.25) is 0 Å². The highest BCUT2D eigenvalue weighted by Crippen LogP contribution is 2.26. The average molecular weight is 201 g/mol. The Morgan fingerprint density at radius 3 is 2.21 bits per heavy atom. The van der Waals surface area contributed by atoms with E-state index in [0.29, 0.717) is 0 Å². The van der Waals surface area contributed by atoms with E-state index in [0.717, 1.165) is 6.07 Å². The van der Waals surface area contributed by atoms with E-state index in [1.54, 1.807) is 20.8 Å². The lowest BCUT2D eigenvalue weighted by Gasteiger charge is -2.18. The predicted octanol–water partition coefficient (Wildman–Crippen LogP) is 2.67. The van der Waals surface area contributed by atoms with E-state index in [9.17, 15) is 8.78 Å². The van der Waals surface area contributed by atoms with Crippen molar-refractivity contribution < 1.29 is 13.5 Å². The van der Waals surface area contributed by atoms with E-state index in [4.69, 9.17) is 0 Å². The molecule has 14 heavy (non-hydrogen) atoms. The Morgan fingerprint density at radius 2 is 1.79 bits per heavy atom. The number of hydrogen-bond acceptors (Lipinski definition) is 2. The van der Waals surface area contributed by atoms with Crippen molar-refractivity contribution in [3.8, 4) is 5.88 Å². The van der Waals surface area contributed by atoms with Gasteiger partial charge in [0, 0.05) is 11.5 Å². The number of hydrogen-bond donors (Lipinski definition) is 0. The molecule has 1 aromatic rings. The summed E-state index contributed by atoms with van der Waals surface area (Å²) in [5.41, 5.74) is -0.263. The van der Waals surface area contributed by atoms with Crippen LogP contribution in [-0.2, 0) is 5.41 Å². The molecule has 0 aliphatic rings. The molecule has 0 bridgehead atoms. The molecule has 0 saturated carbocycles. The van der Waals surface area contributed by atoms with Crippen LogP contribution in [0.15, 0.2) is 6.07 Å². The molecule has 1 heterocycles. The molecule has 1 aromatic heterocycles. The lowest BCUT2D eigenvalue weighted by atomic mass is 9.91. The monoisotopic (exact) mass is 201 g/mol. The minimum atomic E-state index is -0.780. The molecule has 0 amide bonds. The van der Waals surface area contributed by atoms with E-state index in [1.165, 1.54) is 7.11 Å². The van der Waals surface area contributed by atoms with E-state index in [1.807, 2.05) is 0 Å². The van der Waals surface area contributed by atoms with Crippen LogP contribution in [0.1, 0.15) is 26.5 Å². The van der Waals surface area contributed by atoms with Crippen molar-refractivity contribution in [1.82, 2.24) is 4.98 Å². The number of pyridine rings is 1. The zero-order valence-electron chi connectivity index (χ0n) is 8.69. The second kappa shape index (κ2) is 3.52. The van der Waals surface area contributed by atoms with Crippen molar-refractivity contribution in [2.24, 2.45) is 0 Å². The Balaban J connectivity index is 3.32. The van der Waals surface area contributed by atoms with Gasteiger partial charge in [-0.25, -0.2) is 13.8 Å². The minimum absolute atomic E-state index is 0.170. The Hall–Kier alpha value is -1.19. The summed E-state index contributed by atoms with van der Waals surface area (Å²) in [5.74, 6) is -1.59. The summed E-state index contributed by atoms with van der Waals surface area (Å²) in [6.07, 6.45) is 0. The Morgan fingerprint density at radius 1 is 1.21 bits per heavy atom. The summed E-state index contributed by atoms with van der Waals surface area (Å²) in [6.45, 7) is 5.40. The number of rotatable bonds is 1. The fraction of sp³-hybridized carbons (Fsp3) is 0.500. The topological polar surface area (TPSA) is 22.1 Å². The molecule has 0 atom stereocenters. The summed E-state index contributed by atoms with van der Waals surface area (Å²) in [7, 11) is 1.30. The summed E-state index contributed by atoms with van der Waals surface area (Å²) >= 11 is 0. The number of aromatic nitrogens is 1. The molecule has 0 saturated heterocycles. The van der Waals surface area contributed by atoms with Crippen LogP contribution in [-0.4, -0.2) is 12.1 Å². The Labute approximate surface area is 81.9 Å². The van der Waals surface area contributed by atoms with Gasteiger partial charge in [-0.1, -0.05) is 20.8 Å². The van der Waals surface area contributed by atoms with Gasteiger partial charge in [0.25, 0.3) is 5.88 Å². The minimum Gasteiger partial charge on any atom is -0.479 e. The first-order valence-corrected chi connectivity index (χ1v) is 4.26. The number of nitrogens with zero attached hydrogens (tertiary/aromatic N) is 1. The Bertz CT molecular complexity index is 345. The molecule has 0 spiro atoms. The lowest BCUT2D eigenvalue weighted by Crippen LogP contribution is -2.17. The van der Waals surface area contributed by atoms with Gasteiger partial charge in [-0.05, 0) is 0 Å². The zero-order chi connectivity index (χ0) is 10.9. The maximum atomic E-state index is 13.3. The van der Waals surface area contributed by atoms with E-state index >= 15 is 0 Å². The second-order valence-electron chi connectivity index (χ2n) is 4.06. The fourth-order valence-electron chi connectivity index (χ4n) is 1.12. The SMILES string of the molecule is COc1nc(C(C)(C)C)c(F)cc1F. The fourth-order valence-corrected chi connectivity index (χ4v) is 1.12. The number of methoxy groups -OCH3 is 1. The van der Waals surface area contributed by atoms with Crippen LogP contribution >= 0.6 is 0 Å². The maximum absolute atomic E-state index is 13.3. The van der Waals surface area contributed by atoms with Crippen LogP contribution in [0.5, 0.6) is 5.88 Å². The standard InChI is InChI=1S/C10H13F2NO/c1-10(2,3)8-6(11)5-7(12)9(13-8)14-4/h5H,1-4H3. The molecule has 1 rings (SSSR count). The molecule has 0 aromatic carbocycles. The molecule has 0 N–H and O–H groups in total. The van der Waals surface area contributed by atoms with Crippen molar-refractivity contribution in [3.05, 3.63) is 23.4 Å². The molecule has 78 valence electrons. The van der Waals surface area contributed by atoms with Crippen molar-refractivity contribution in [2.75, 3.05) is 7.11 Å². The van der Waals surface area contributed by atoms with Crippen LogP contribution in [0, 0.1) is 11.6 Å². The summed E-state index contributed by atoms with van der Waals surface area (Å²) < 4.78 is 31.0. The van der Waals surface area contributed by atoms with Crippen LogP contribution < -0.4 is 4.74 Å². The van der Waals surface area contributed by atoms with Gasteiger partial charge in [-0.15, -0.1) is 0 Å². The molecule has 4 heteroatoms. The first-order chi connectivity index (χ1) is 6.36. The molecule has 2 nitrogen and oxygen atoms in total. The quantitative estimate of drug-likeness (QED) is 0.696. The molecular weight excluding hydrogens is 188 g/mol. The molecule has 0 unspecified atom stereocenters. The summed E-state index contributed by atoms with van der Waals surface area (Å²) in [4.78, 5) is 3.79. The van der Waals surface area contributed by atoms with Gasteiger partial charge in [-0.3, -0.25) is 0 Å². The van der Waals surface area contributed by atoms with Gasteiger partial charge in [0.15, 0.2) is 5.82 Å². The van der Waals surface area contributed by atoms with Crippen molar-refractivity contribution >= 4 is 0 Å². The first-order valence-electron chi connectivity index (χ1n) is 4.26. The third-order valence-electron chi connectivity index (χ3n) is 1.80. The van der Waals surface area contributed by atoms with Crippen LogP contribution in [0.4, 0.5) is 8.78 Å². The summed E-state index contributed by atoms with van der Waals surface area (Å²) in [6, 6.07) is 0.798. The maximum Gasteiger partial charge on any atom is 0.250 e. The highest BCUT2D eigenvalue weighted by Gasteiger charge is 2.23. The van der Waals surface area contributed by atoms with Crippen molar-refractivity contribution in [1.29, 1.82) is 0 Å². The first kappa shape index (κ1) is 10.9. The molecule has 0 fully saturated rings. The Kier molecular flexibility index (Phi) is 2.73.